The van der Waals surface area contributed by atoms with E-state index in [1.807, 2.05) is 0 Å². The van der Waals surface area contributed by atoms with Crippen molar-refractivity contribution >= 4 is 35.8 Å². The maximum atomic E-state index is 8.64. The van der Waals surface area contributed by atoms with E-state index < -0.39 is 7.12 Å². The van der Waals surface area contributed by atoms with Gasteiger partial charge >= 0.3 is 7.12 Å². The summed E-state index contributed by atoms with van der Waals surface area (Å²) in [5.74, 6) is 0. The van der Waals surface area contributed by atoms with Crippen molar-refractivity contribution in [1.82, 2.24) is 9.97 Å². The molecule has 0 fully saturated rings. The first-order valence-corrected chi connectivity index (χ1v) is 3.41. The van der Waals surface area contributed by atoms with Gasteiger partial charge in [-0.05, 0) is 11.6 Å². The third-order valence-electron chi connectivity index (χ3n) is 1.02. The fourth-order valence-electron chi connectivity index (χ4n) is 0.524. The summed E-state index contributed by atoms with van der Waals surface area (Å²) < 4.78 is 0. The van der Waals surface area contributed by atoms with Crippen LogP contribution in [0.3, 0.4) is 0 Å². The van der Waals surface area contributed by atoms with Crippen LogP contribution in [0.5, 0.6) is 0 Å². The van der Waals surface area contributed by atoms with Crippen molar-refractivity contribution < 1.29 is 10.0 Å². The van der Waals surface area contributed by atoms with Gasteiger partial charge in [0.05, 0.1) is 0 Å². The molecular formula is C4H3BCl2N2O2. The van der Waals surface area contributed by atoms with E-state index in [0.29, 0.717) is 0 Å². The molecule has 58 valence electrons. The van der Waals surface area contributed by atoms with Crippen molar-refractivity contribution in [3.63, 3.8) is 0 Å². The van der Waals surface area contributed by atoms with Crippen LogP contribution >= 0.6 is 23.2 Å². The quantitative estimate of drug-likeness (QED) is 0.357. The molecule has 11 heavy (non-hydrogen) atoms. The number of halogens is 2. The average molecular weight is 193 g/mol. The van der Waals surface area contributed by atoms with Crippen LogP contribution in [0.4, 0.5) is 0 Å². The molecule has 0 aromatic carbocycles. The zero-order chi connectivity index (χ0) is 8.43. The largest absolute Gasteiger partial charge is 0.493 e. The molecule has 4 nitrogen and oxygen atoms in total. The summed E-state index contributed by atoms with van der Waals surface area (Å²) >= 11 is 10.8. The molecule has 1 aromatic rings. The molecule has 1 heterocycles. The summed E-state index contributed by atoms with van der Waals surface area (Å²) in [5.41, 5.74) is 0.0380. The van der Waals surface area contributed by atoms with Crippen LogP contribution in [0, 0.1) is 0 Å². The molecule has 0 unspecified atom stereocenters. The Labute approximate surface area is 73.0 Å². The van der Waals surface area contributed by atoms with Crippen LogP contribution in [-0.4, -0.2) is 27.1 Å². The molecule has 1 aromatic heterocycles. The van der Waals surface area contributed by atoms with Crippen molar-refractivity contribution in [2.24, 2.45) is 0 Å². The minimum atomic E-state index is -1.67. The highest BCUT2D eigenvalue weighted by Crippen LogP contribution is 2.04. The molecule has 7 heteroatoms. The first kappa shape index (κ1) is 8.74. The van der Waals surface area contributed by atoms with Crippen molar-refractivity contribution in [1.29, 1.82) is 0 Å². The minimum absolute atomic E-state index is 0.0283. The fraction of sp³-hybridized carbons (Fsp3) is 0. The second kappa shape index (κ2) is 3.36. The van der Waals surface area contributed by atoms with Gasteiger partial charge in [0.25, 0.3) is 0 Å². The number of rotatable bonds is 1. The summed E-state index contributed by atoms with van der Waals surface area (Å²) in [7, 11) is -1.67. The van der Waals surface area contributed by atoms with Crippen LogP contribution in [0.25, 0.3) is 0 Å². The van der Waals surface area contributed by atoms with E-state index in [1.165, 1.54) is 0 Å². The second-order valence-corrected chi connectivity index (χ2v) is 2.45. The molecule has 0 radical (unpaired) electrons. The molecular weight excluding hydrogens is 190 g/mol. The zero-order valence-corrected chi connectivity index (χ0v) is 6.71. The van der Waals surface area contributed by atoms with Crippen molar-refractivity contribution in [3.05, 3.63) is 16.6 Å². The summed E-state index contributed by atoms with van der Waals surface area (Å²) in [6.45, 7) is 0. The molecule has 0 aliphatic carbocycles. The lowest BCUT2D eigenvalue weighted by atomic mass is 9.83. The van der Waals surface area contributed by atoms with Crippen molar-refractivity contribution in [2.75, 3.05) is 0 Å². The Morgan fingerprint density at radius 2 is 2.00 bits per heavy atom. The SMILES string of the molecule is OB(O)c1cnc(Cl)nc1Cl. The number of aromatic nitrogens is 2. The second-order valence-electron chi connectivity index (χ2n) is 1.76. The number of hydrogen-bond acceptors (Lipinski definition) is 4. The number of nitrogens with zero attached hydrogens (tertiary/aromatic N) is 2. The van der Waals surface area contributed by atoms with Crippen LogP contribution in [-0.2, 0) is 0 Å². The van der Waals surface area contributed by atoms with E-state index in [2.05, 4.69) is 9.97 Å². The van der Waals surface area contributed by atoms with Gasteiger partial charge in [-0.2, -0.15) is 0 Å². The van der Waals surface area contributed by atoms with E-state index in [4.69, 9.17) is 33.2 Å². The highest BCUT2D eigenvalue weighted by Gasteiger charge is 2.16. The van der Waals surface area contributed by atoms with Gasteiger partial charge in [-0.1, -0.05) is 11.6 Å². The van der Waals surface area contributed by atoms with Gasteiger partial charge in [0, 0.05) is 11.7 Å². The lowest BCUT2D eigenvalue weighted by Gasteiger charge is -1.99. The van der Waals surface area contributed by atoms with Gasteiger partial charge in [-0.3, -0.25) is 0 Å². The normalized spacial score (nSPS) is 9.82. The Kier molecular flexibility index (Phi) is 2.67. The van der Waals surface area contributed by atoms with E-state index in [9.17, 15) is 0 Å². The highest BCUT2D eigenvalue weighted by molar-refractivity contribution is 6.62. The van der Waals surface area contributed by atoms with Crippen LogP contribution in [0.15, 0.2) is 6.20 Å². The Morgan fingerprint density at radius 1 is 1.36 bits per heavy atom. The van der Waals surface area contributed by atoms with Gasteiger partial charge in [0.1, 0.15) is 5.15 Å². The van der Waals surface area contributed by atoms with E-state index >= 15 is 0 Å². The highest BCUT2D eigenvalue weighted by atomic mass is 35.5. The lowest BCUT2D eigenvalue weighted by molar-refractivity contribution is 0.425. The molecule has 0 spiro atoms. The van der Waals surface area contributed by atoms with Crippen molar-refractivity contribution in [3.8, 4) is 0 Å². The summed E-state index contributed by atoms with van der Waals surface area (Å²) in [6, 6.07) is 0. The third-order valence-corrected chi connectivity index (χ3v) is 1.50. The Balaban J connectivity index is 3.09. The molecule has 0 aliphatic heterocycles. The van der Waals surface area contributed by atoms with E-state index in [1.54, 1.807) is 0 Å². The lowest BCUT2D eigenvalue weighted by Crippen LogP contribution is -2.31. The van der Waals surface area contributed by atoms with Gasteiger partial charge in [-0.25, -0.2) is 9.97 Å². The van der Waals surface area contributed by atoms with Crippen LogP contribution in [0.2, 0.25) is 10.4 Å². The predicted molar refractivity (Wildman–Crippen MR) is 41.9 cm³/mol. The van der Waals surface area contributed by atoms with Crippen LogP contribution in [0.1, 0.15) is 0 Å². The minimum Gasteiger partial charge on any atom is -0.423 e. The topological polar surface area (TPSA) is 66.2 Å². The molecule has 2 N–H and O–H groups in total. The van der Waals surface area contributed by atoms with E-state index in [0.717, 1.165) is 6.20 Å². The fourth-order valence-corrected chi connectivity index (χ4v) is 0.927. The van der Waals surface area contributed by atoms with Crippen molar-refractivity contribution in [2.45, 2.75) is 0 Å². The van der Waals surface area contributed by atoms with Gasteiger partial charge in [-0.15, -0.1) is 0 Å². The predicted octanol–water partition coefficient (Wildman–Crippen LogP) is -0.537. The smallest absolute Gasteiger partial charge is 0.423 e. The molecule has 0 atom stereocenters. The molecule has 0 aliphatic rings. The molecule has 0 amide bonds. The summed E-state index contributed by atoms with van der Waals surface area (Å²) in [6.07, 6.45) is 1.16. The molecule has 1 rings (SSSR count). The Hall–Kier alpha value is -0.355. The standard InChI is InChI=1S/C4H3BCl2N2O2/c6-3-2(5(10)11)1-8-4(7)9-3/h1,10-11H. The maximum absolute atomic E-state index is 8.64. The first-order valence-electron chi connectivity index (χ1n) is 2.65. The summed E-state index contributed by atoms with van der Waals surface area (Å²) in [4.78, 5) is 7.01. The molecule has 0 saturated heterocycles. The number of hydrogen-bond donors (Lipinski definition) is 2. The molecule has 0 saturated carbocycles. The van der Waals surface area contributed by atoms with Crippen LogP contribution < -0.4 is 5.46 Å². The third kappa shape index (κ3) is 2.03. The van der Waals surface area contributed by atoms with E-state index in [-0.39, 0.29) is 15.9 Å². The zero-order valence-electron chi connectivity index (χ0n) is 5.20. The Bertz CT molecular complexity index is 270. The average Bonchev–Trinajstić information content (AvgIpc) is 1.85. The molecule has 0 bridgehead atoms. The maximum Gasteiger partial charge on any atom is 0.493 e. The van der Waals surface area contributed by atoms with Gasteiger partial charge in [0.2, 0.25) is 5.28 Å². The van der Waals surface area contributed by atoms with Gasteiger partial charge < -0.3 is 10.0 Å². The summed E-state index contributed by atoms with van der Waals surface area (Å²) in [5, 5.41) is 17.2. The monoisotopic (exact) mass is 192 g/mol. The Morgan fingerprint density at radius 3 is 2.45 bits per heavy atom. The van der Waals surface area contributed by atoms with Gasteiger partial charge in [0.15, 0.2) is 0 Å². The first-order chi connectivity index (χ1) is 5.11.